The van der Waals surface area contributed by atoms with Gasteiger partial charge in [0, 0.05) is 18.2 Å². The molecule has 2 aromatic rings. The van der Waals surface area contributed by atoms with Crippen LogP contribution >= 0.6 is 0 Å². The maximum Gasteiger partial charge on any atom is 0.137 e. The summed E-state index contributed by atoms with van der Waals surface area (Å²) in [6, 6.07) is 10.4. The number of hydrogen-bond acceptors (Lipinski definition) is 3. The fourth-order valence-electron chi connectivity index (χ4n) is 1.82. The average Bonchev–Trinajstić information content (AvgIpc) is 2.78. The molecular weight excluding hydrogens is 212 g/mol. The van der Waals surface area contributed by atoms with E-state index in [1.54, 1.807) is 6.33 Å². The second kappa shape index (κ2) is 5.59. The zero-order valence-corrected chi connectivity index (χ0v) is 10.1. The van der Waals surface area contributed by atoms with Gasteiger partial charge in [-0.25, -0.2) is 0 Å². The Morgan fingerprint density at radius 1 is 1.29 bits per heavy atom. The molecule has 0 aliphatic carbocycles. The third-order valence-electron chi connectivity index (χ3n) is 2.71. The van der Waals surface area contributed by atoms with Gasteiger partial charge in [0.25, 0.3) is 0 Å². The molecule has 0 fully saturated rings. The lowest BCUT2D eigenvalue weighted by molar-refractivity contribution is 0.610. The Morgan fingerprint density at radius 2 is 2.06 bits per heavy atom. The summed E-state index contributed by atoms with van der Waals surface area (Å²) in [6.45, 7) is 2.03. The van der Waals surface area contributed by atoms with Crippen LogP contribution in [0.4, 0.5) is 0 Å². The minimum absolute atomic E-state index is 0.253. The van der Waals surface area contributed by atoms with E-state index in [1.165, 1.54) is 0 Å². The van der Waals surface area contributed by atoms with E-state index in [0.717, 1.165) is 30.8 Å². The van der Waals surface area contributed by atoms with Gasteiger partial charge >= 0.3 is 0 Å². The van der Waals surface area contributed by atoms with Crippen LogP contribution in [-0.2, 0) is 6.42 Å². The molecule has 90 valence electrons. The molecular formula is C13H18N4. The van der Waals surface area contributed by atoms with E-state index in [9.17, 15) is 0 Å². The van der Waals surface area contributed by atoms with Crippen molar-refractivity contribution in [3.8, 4) is 5.69 Å². The Hall–Kier alpha value is -1.68. The third-order valence-corrected chi connectivity index (χ3v) is 2.71. The highest BCUT2D eigenvalue weighted by Crippen LogP contribution is 2.11. The van der Waals surface area contributed by atoms with Gasteiger partial charge in [-0.2, -0.15) is 0 Å². The summed E-state index contributed by atoms with van der Waals surface area (Å²) in [5.41, 5.74) is 6.84. The second-order valence-corrected chi connectivity index (χ2v) is 4.32. The second-order valence-electron chi connectivity index (χ2n) is 4.32. The first kappa shape index (κ1) is 11.8. The molecule has 0 radical (unpaired) electrons. The summed E-state index contributed by atoms with van der Waals surface area (Å²) in [6.07, 6.45) is 4.73. The van der Waals surface area contributed by atoms with Crippen LogP contribution in [0, 0.1) is 0 Å². The highest BCUT2D eigenvalue weighted by Gasteiger charge is 2.06. The third kappa shape index (κ3) is 3.14. The summed E-state index contributed by atoms with van der Waals surface area (Å²) in [4.78, 5) is 0. The maximum absolute atomic E-state index is 5.74. The first-order valence-corrected chi connectivity index (χ1v) is 5.97. The molecule has 0 aliphatic rings. The molecule has 0 bridgehead atoms. The van der Waals surface area contributed by atoms with Crippen molar-refractivity contribution in [3.05, 3.63) is 42.5 Å². The standard InChI is InChI=1S/C13H18N4/c1-11(14)6-5-9-13-16-15-10-17(13)12-7-3-2-4-8-12/h2-4,7-8,10-11H,5-6,9,14H2,1H3. The van der Waals surface area contributed by atoms with E-state index < -0.39 is 0 Å². The van der Waals surface area contributed by atoms with Crippen molar-refractivity contribution in [2.45, 2.75) is 32.2 Å². The molecule has 4 nitrogen and oxygen atoms in total. The van der Waals surface area contributed by atoms with Gasteiger partial charge in [0.2, 0.25) is 0 Å². The number of aromatic nitrogens is 3. The predicted molar refractivity (Wildman–Crippen MR) is 67.9 cm³/mol. The lowest BCUT2D eigenvalue weighted by atomic mass is 10.1. The van der Waals surface area contributed by atoms with Crippen LogP contribution in [0.15, 0.2) is 36.7 Å². The number of aryl methyl sites for hydroxylation is 1. The van der Waals surface area contributed by atoms with Crippen LogP contribution < -0.4 is 5.73 Å². The summed E-state index contributed by atoms with van der Waals surface area (Å²) < 4.78 is 2.03. The van der Waals surface area contributed by atoms with E-state index in [2.05, 4.69) is 22.3 Å². The topological polar surface area (TPSA) is 56.7 Å². The van der Waals surface area contributed by atoms with Gasteiger partial charge in [0.05, 0.1) is 0 Å². The number of hydrogen-bond donors (Lipinski definition) is 1. The van der Waals surface area contributed by atoms with Crippen LogP contribution in [0.3, 0.4) is 0 Å². The monoisotopic (exact) mass is 230 g/mol. The summed E-state index contributed by atoms with van der Waals surface area (Å²) >= 11 is 0. The fourth-order valence-corrected chi connectivity index (χ4v) is 1.82. The van der Waals surface area contributed by atoms with Crippen LogP contribution in [-0.4, -0.2) is 20.8 Å². The quantitative estimate of drug-likeness (QED) is 0.854. The van der Waals surface area contributed by atoms with Crippen molar-refractivity contribution in [2.24, 2.45) is 5.73 Å². The van der Waals surface area contributed by atoms with Crippen LogP contribution in [0.2, 0.25) is 0 Å². The Bertz CT molecular complexity index is 447. The first-order chi connectivity index (χ1) is 8.27. The predicted octanol–water partition coefficient (Wildman–Crippen LogP) is 1.94. The number of benzene rings is 1. The number of nitrogens with two attached hydrogens (primary N) is 1. The van der Waals surface area contributed by atoms with Gasteiger partial charge in [0.15, 0.2) is 0 Å². The average molecular weight is 230 g/mol. The van der Waals surface area contributed by atoms with E-state index in [-0.39, 0.29) is 6.04 Å². The van der Waals surface area contributed by atoms with Gasteiger partial charge in [0.1, 0.15) is 12.2 Å². The minimum atomic E-state index is 0.253. The molecule has 4 heteroatoms. The number of nitrogens with zero attached hydrogens (tertiary/aromatic N) is 3. The maximum atomic E-state index is 5.74. The Labute approximate surface area is 101 Å². The first-order valence-electron chi connectivity index (χ1n) is 5.97. The normalized spacial score (nSPS) is 12.6. The molecule has 0 spiro atoms. The van der Waals surface area contributed by atoms with E-state index >= 15 is 0 Å². The Morgan fingerprint density at radius 3 is 2.76 bits per heavy atom. The van der Waals surface area contributed by atoms with Crippen LogP contribution in [0.25, 0.3) is 5.69 Å². The van der Waals surface area contributed by atoms with Gasteiger partial charge in [-0.1, -0.05) is 18.2 Å². The molecule has 2 rings (SSSR count). The van der Waals surface area contributed by atoms with Crippen molar-refractivity contribution in [1.29, 1.82) is 0 Å². The highest BCUT2D eigenvalue weighted by atomic mass is 15.3. The smallest absolute Gasteiger partial charge is 0.137 e. The van der Waals surface area contributed by atoms with Crippen molar-refractivity contribution < 1.29 is 0 Å². The van der Waals surface area contributed by atoms with Crippen molar-refractivity contribution in [2.75, 3.05) is 0 Å². The SMILES string of the molecule is CC(N)CCCc1nncn1-c1ccccc1. The molecule has 1 aromatic carbocycles. The molecule has 0 saturated heterocycles. The summed E-state index contributed by atoms with van der Waals surface area (Å²) in [7, 11) is 0. The molecule has 0 saturated carbocycles. The minimum Gasteiger partial charge on any atom is -0.328 e. The molecule has 17 heavy (non-hydrogen) atoms. The zero-order valence-electron chi connectivity index (χ0n) is 10.1. The fraction of sp³-hybridized carbons (Fsp3) is 0.385. The Kier molecular flexibility index (Phi) is 3.88. The Balaban J connectivity index is 2.07. The van der Waals surface area contributed by atoms with E-state index in [0.29, 0.717) is 0 Å². The van der Waals surface area contributed by atoms with Gasteiger partial charge in [-0.15, -0.1) is 10.2 Å². The van der Waals surface area contributed by atoms with Gasteiger partial charge in [-0.05, 0) is 31.9 Å². The number of rotatable bonds is 5. The van der Waals surface area contributed by atoms with Gasteiger partial charge in [-0.3, -0.25) is 4.57 Å². The lowest BCUT2D eigenvalue weighted by Gasteiger charge is -2.07. The van der Waals surface area contributed by atoms with Crippen molar-refractivity contribution >= 4 is 0 Å². The highest BCUT2D eigenvalue weighted by molar-refractivity contribution is 5.31. The molecule has 1 unspecified atom stereocenters. The van der Waals surface area contributed by atoms with Crippen molar-refractivity contribution in [1.82, 2.24) is 14.8 Å². The molecule has 1 heterocycles. The summed E-state index contributed by atoms with van der Waals surface area (Å²) in [5, 5.41) is 8.14. The molecule has 2 N–H and O–H groups in total. The molecule has 1 aromatic heterocycles. The van der Waals surface area contributed by atoms with E-state index in [1.807, 2.05) is 29.7 Å². The molecule has 1 atom stereocenters. The largest absolute Gasteiger partial charge is 0.328 e. The van der Waals surface area contributed by atoms with Gasteiger partial charge < -0.3 is 5.73 Å². The summed E-state index contributed by atoms with van der Waals surface area (Å²) in [5.74, 6) is 0.997. The lowest BCUT2D eigenvalue weighted by Crippen LogP contribution is -2.14. The van der Waals surface area contributed by atoms with Crippen molar-refractivity contribution in [3.63, 3.8) is 0 Å². The number of para-hydroxylation sites is 1. The van der Waals surface area contributed by atoms with E-state index in [4.69, 9.17) is 5.73 Å². The molecule has 0 amide bonds. The van der Waals surface area contributed by atoms with Crippen LogP contribution in [0.5, 0.6) is 0 Å². The van der Waals surface area contributed by atoms with Crippen LogP contribution in [0.1, 0.15) is 25.6 Å². The zero-order chi connectivity index (χ0) is 12.1. The molecule has 0 aliphatic heterocycles.